The number of nitrogens with zero attached hydrogens (tertiary/aromatic N) is 1. The topological polar surface area (TPSA) is 41.6 Å². The normalized spacial score (nSPS) is 10.5. The first-order valence-corrected chi connectivity index (χ1v) is 5.51. The van der Waals surface area contributed by atoms with Gasteiger partial charge in [0.25, 0.3) is 0 Å². The van der Waals surface area contributed by atoms with Gasteiger partial charge < -0.3 is 10.1 Å². The van der Waals surface area contributed by atoms with E-state index in [0.29, 0.717) is 25.6 Å². The van der Waals surface area contributed by atoms with Gasteiger partial charge in [-0.1, -0.05) is 19.8 Å². The Kier molecular flexibility index (Phi) is 8.59. The number of carbonyl (C=O) groups excluding carboxylic acids is 1. The van der Waals surface area contributed by atoms with Crippen molar-refractivity contribution in [3.8, 4) is 12.3 Å². The zero-order valence-corrected chi connectivity index (χ0v) is 10.5. The second-order valence-corrected chi connectivity index (χ2v) is 4.10. The summed E-state index contributed by atoms with van der Waals surface area (Å²) in [5.74, 6) is 2.87. The largest absolute Gasteiger partial charge is 0.383 e. The summed E-state index contributed by atoms with van der Waals surface area (Å²) in [6.45, 7) is 7.19. The molecule has 0 aromatic heterocycles. The van der Waals surface area contributed by atoms with Crippen molar-refractivity contribution in [2.45, 2.75) is 13.8 Å². The Morgan fingerprint density at radius 1 is 1.56 bits per heavy atom. The number of hydrogen-bond acceptors (Lipinski definition) is 3. The molecule has 0 aliphatic heterocycles. The summed E-state index contributed by atoms with van der Waals surface area (Å²) in [4.78, 5) is 13.5. The van der Waals surface area contributed by atoms with E-state index in [1.807, 2.05) is 0 Å². The Balaban J connectivity index is 3.98. The first kappa shape index (κ1) is 14.9. The first-order chi connectivity index (χ1) is 7.60. The van der Waals surface area contributed by atoms with Crippen molar-refractivity contribution in [2.75, 3.05) is 39.9 Å². The quantitative estimate of drug-likeness (QED) is 0.607. The number of ether oxygens (including phenoxy) is 1. The summed E-state index contributed by atoms with van der Waals surface area (Å²) >= 11 is 0. The maximum Gasteiger partial charge on any atom is 0.234 e. The fourth-order valence-corrected chi connectivity index (χ4v) is 1.38. The predicted octanol–water partition coefficient (Wildman–Crippen LogP) is 0.340. The van der Waals surface area contributed by atoms with Crippen molar-refractivity contribution in [2.24, 2.45) is 5.92 Å². The van der Waals surface area contributed by atoms with Crippen molar-refractivity contribution in [3.05, 3.63) is 0 Å². The predicted molar refractivity (Wildman–Crippen MR) is 65.0 cm³/mol. The van der Waals surface area contributed by atoms with Gasteiger partial charge in [-0.15, -0.1) is 6.42 Å². The van der Waals surface area contributed by atoms with Crippen molar-refractivity contribution < 1.29 is 9.53 Å². The molecule has 0 saturated heterocycles. The van der Waals surface area contributed by atoms with E-state index in [2.05, 4.69) is 30.0 Å². The van der Waals surface area contributed by atoms with Crippen LogP contribution >= 0.6 is 0 Å². The molecular weight excluding hydrogens is 204 g/mol. The van der Waals surface area contributed by atoms with Gasteiger partial charge >= 0.3 is 0 Å². The zero-order valence-electron chi connectivity index (χ0n) is 10.5. The van der Waals surface area contributed by atoms with Crippen LogP contribution in [-0.4, -0.2) is 50.7 Å². The standard InChI is InChI=1S/C12H22N2O2/c1-5-6-13-12(15)10-14(7-8-16-4)9-11(2)3/h1,11H,6-10H2,2-4H3,(H,13,15). The summed E-state index contributed by atoms with van der Waals surface area (Å²) in [5, 5.41) is 2.65. The van der Waals surface area contributed by atoms with E-state index in [1.54, 1.807) is 7.11 Å². The van der Waals surface area contributed by atoms with Gasteiger partial charge in [0.1, 0.15) is 0 Å². The van der Waals surface area contributed by atoms with Crippen LogP contribution in [-0.2, 0) is 9.53 Å². The van der Waals surface area contributed by atoms with E-state index in [-0.39, 0.29) is 5.91 Å². The third-order valence-corrected chi connectivity index (χ3v) is 1.99. The van der Waals surface area contributed by atoms with E-state index >= 15 is 0 Å². The van der Waals surface area contributed by atoms with Gasteiger partial charge in [-0.05, 0) is 5.92 Å². The smallest absolute Gasteiger partial charge is 0.234 e. The zero-order chi connectivity index (χ0) is 12.4. The van der Waals surface area contributed by atoms with Crippen LogP contribution in [0, 0.1) is 18.3 Å². The SMILES string of the molecule is C#CCNC(=O)CN(CCOC)CC(C)C. The van der Waals surface area contributed by atoms with Gasteiger partial charge in [-0.25, -0.2) is 0 Å². The van der Waals surface area contributed by atoms with Gasteiger partial charge in [0, 0.05) is 20.2 Å². The monoisotopic (exact) mass is 226 g/mol. The molecule has 1 N–H and O–H groups in total. The molecule has 0 heterocycles. The van der Waals surface area contributed by atoms with Crippen molar-refractivity contribution in [1.29, 1.82) is 0 Å². The summed E-state index contributed by atoms with van der Waals surface area (Å²) < 4.78 is 5.01. The summed E-state index contributed by atoms with van der Waals surface area (Å²) in [7, 11) is 1.66. The molecule has 4 nitrogen and oxygen atoms in total. The van der Waals surface area contributed by atoms with Crippen LogP contribution in [0.1, 0.15) is 13.8 Å². The molecule has 0 aliphatic carbocycles. The lowest BCUT2D eigenvalue weighted by atomic mass is 10.2. The Hall–Kier alpha value is -1.05. The fourth-order valence-electron chi connectivity index (χ4n) is 1.38. The second kappa shape index (κ2) is 9.20. The van der Waals surface area contributed by atoms with E-state index in [0.717, 1.165) is 13.1 Å². The number of nitrogens with one attached hydrogen (secondary N) is 1. The molecule has 16 heavy (non-hydrogen) atoms. The van der Waals surface area contributed by atoms with E-state index in [9.17, 15) is 4.79 Å². The first-order valence-electron chi connectivity index (χ1n) is 5.51. The minimum Gasteiger partial charge on any atom is -0.383 e. The number of methoxy groups -OCH3 is 1. The van der Waals surface area contributed by atoms with Crippen LogP contribution in [0.25, 0.3) is 0 Å². The molecule has 1 amide bonds. The Bertz CT molecular complexity index is 234. The molecule has 0 aromatic rings. The van der Waals surface area contributed by atoms with Crippen LogP contribution in [0.15, 0.2) is 0 Å². The molecule has 0 atom stereocenters. The molecule has 0 fully saturated rings. The third kappa shape index (κ3) is 8.27. The van der Waals surface area contributed by atoms with Gasteiger partial charge in [0.05, 0.1) is 19.7 Å². The average molecular weight is 226 g/mol. The number of terminal acetylenes is 1. The van der Waals surface area contributed by atoms with Crippen LogP contribution in [0.3, 0.4) is 0 Å². The number of amides is 1. The molecular formula is C12H22N2O2. The van der Waals surface area contributed by atoms with Gasteiger partial charge in [0.15, 0.2) is 0 Å². The van der Waals surface area contributed by atoms with Crippen LogP contribution in [0.2, 0.25) is 0 Å². The van der Waals surface area contributed by atoms with E-state index < -0.39 is 0 Å². The van der Waals surface area contributed by atoms with Crippen molar-refractivity contribution in [1.82, 2.24) is 10.2 Å². The van der Waals surface area contributed by atoms with Crippen molar-refractivity contribution >= 4 is 5.91 Å². The Labute approximate surface area is 98.3 Å². The van der Waals surface area contributed by atoms with E-state index in [4.69, 9.17) is 11.2 Å². The molecule has 92 valence electrons. The van der Waals surface area contributed by atoms with Crippen LogP contribution in [0.4, 0.5) is 0 Å². The van der Waals surface area contributed by atoms with Crippen molar-refractivity contribution in [3.63, 3.8) is 0 Å². The Morgan fingerprint density at radius 3 is 2.75 bits per heavy atom. The molecule has 0 bridgehead atoms. The molecule has 0 unspecified atom stereocenters. The minimum absolute atomic E-state index is 0.0327. The average Bonchev–Trinajstić information content (AvgIpc) is 2.22. The van der Waals surface area contributed by atoms with Gasteiger partial charge in [-0.3, -0.25) is 9.69 Å². The maximum absolute atomic E-state index is 11.5. The lowest BCUT2D eigenvalue weighted by Crippen LogP contribution is -2.40. The highest BCUT2D eigenvalue weighted by Gasteiger charge is 2.11. The molecule has 0 spiro atoms. The summed E-state index contributed by atoms with van der Waals surface area (Å²) in [6.07, 6.45) is 5.07. The Morgan fingerprint density at radius 2 is 2.25 bits per heavy atom. The maximum atomic E-state index is 11.5. The second-order valence-electron chi connectivity index (χ2n) is 4.10. The highest BCUT2D eigenvalue weighted by Crippen LogP contribution is 1.98. The molecule has 0 rings (SSSR count). The van der Waals surface area contributed by atoms with Crippen LogP contribution in [0.5, 0.6) is 0 Å². The van der Waals surface area contributed by atoms with Gasteiger partial charge in [-0.2, -0.15) is 0 Å². The number of rotatable bonds is 8. The highest BCUT2D eigenvalue weighted by atomic mass is 16.5. The molecule has 0 aromatic carbocycles. The highest BCUT2D eigenvalue weighted by molar-refractivity contribution is 5.78. The molecule has 0 saturated carbocycles. The van der Waals surface area contributed by atoms with Crippen LogP contribution < -0.4 is 5.32 Å². The summed E-state index contributed by atoms with van der Waals surface area (Å²) in [5.41, 5.74) is 0. The number of carbonyl (C=O) groups is 1. The minimum atomic E-state index is -0.0327. The number of hydrogen-bond donors (Lipinski definition) is 1. The molecule has 4 heteroatoms. The van der Waals surface area contributed by atoms with E-state index in [1.165, 1.54) is 0 Å². The lowest BCUT2D eigenvalue weighted by Gasteiger charge is -2.23. The third-order valence-electron chi connectivity index (χ3n) is 1.99. The molecule has 0 radical (unpaired) electrons. The summed E-state index contributed by atoms with van der Waals surface area (Å²) in [6, 6.07) is 0. The van der Waals surface area contributed by atoms with Gasteiger partial charge in [0.2, 0.25) is 5.91 Å². The lowest BCUT2D eigenvalue weighted by molar-refractivity contribution is -0.122. The molecule has 0 aliphatic rings. The fraction of sp³-hybridized carbons (Fsp3) is 0.750.